The zero-order valence-electron chi connectivity index (χ0n) is 13.6. The van der Waals surface area contributed by atoms with Crippen LogP contribution in [0.2, 0.25) is 0 Å². The van der Waals surface area contributed by atoms with E-state index in [0.717, 1.165) is 27.8 Å². The Balaban J connectivity index is 1.73. The molecule has 0 aliphatic carbocycles. The topological polar surface area (TPSA) is 42.0 Å². The molecular weight excluding hydrogens is 331 g/mol. The summed E-state index contributed by atoms with van der Waals surface area (Å²) in [4.78, 5) is 18.4. The van der Waals surface area contributed by atoms with Gasteiger partial charge in [-0.25, -0.2) is 9.37 Å². The predicted molar refractivity (Wildman–Crippen MR) is 95.0 cm³/mol. The fourth-order valence-corrected chi connectivity index (χ4v) is 3.79. The maximum atomic E-state index is 12.8. The molecule has 6 heteroatoms. The summed E-state index contributed by atoms with van der Waals surface area (Å²) in [5.41, 5.74) is 0.803. The van der Waals surface area contributed by atoms with Gasteiger partial charge in [0.1, 0.15) is 10.7 Å². The number of benzene rings is 1. The van der Waals surface area contributed by atoms with Gasteiger partial charge in [-0.05, 0) is 43.4 Å². The van der Waals surface area contributed by atoms with Crippen LogP contribution in [-0.2, 0) is 0 Å². The minimum Gasteiger partial charge on any atom is -0.351 e. The molecule has 23 heavy (non-hydrogen) atoms. The highest BCUT2D eigenvalue weighted by atomic mass is 32.2. The number of nitrogens with zero attached hydrogens (tertiary/aromatic N) is 1. The summed E-state index contributed by atoms with van der Waals surface area (Å²) in [6.45, 7) is 6.66. The van der Waals surface area contributed by atoms with Gasteiger partial charge in [0.2, 0.25) is 0 Å². The zero-order valence-corrected chi connectivity index (χ0v) is 15.2. The summed E-state index contributed by atoms with van der Waals surface area (Å²) in [6, 6.07) is 6.46. The van der Waals surface area contributed by atoms with Crippen LogP contribution in [0.25, 0.3) is 0 Å². The van der Waals surface area contributed by atoms with E-state index in [2.05, 4.69) is 24.1 Å². The van der Waals surface area contributed by atoms with Crippen LogP contribution in [-0.4, -0.2) is 23.2 Å². The van der Waals surface area contributed by atoms with Crippen molar-refractivity contribution < 1.29 is 9.18 Å². The van der Waals surface area contributed by atoms with Crippen molar-refractivity contribution >= 4 is 29.0 Å². The van der Waals surface area contributed by atoms with Gasteiger partial charge < -0.3 is 5.32 Å². The molecule has 1 amide bonds. The number of thiazole rings is 1. The van der Waals surface area contributed by atoms with Crippen LogP contribution >= 0.6 is 23.1 Å². The first-order valence-corrected chi connectivity index (χ1v) is 9.41. The zero-order chi connectivity index (χ0) is 16.8. The molecule has 0 bridgehead atoms. The first-order chi connectivity index (χ1) is 11.0. The third-order valence-electron chi connectivity index (χ3n) is 3.20. The number of aromatic nitrogens is 1. The van der Waals surface area contributed by atoms with Gasteiger partial charge in [-0.2, -0.15) is 0 Å². The first-order valence-electron chi connectivity index (χ1n) is 7.61. The summed E-state index contributed by atoms with van der Waals surface area (Å²) in [6.07, 6.45) is 0.864. The highest BCUT2D eigenvalue weighted by Crippen LogP contribution is 2.24. The number of thioether (sulfide) groups is 1. The first kappa shape index (κ1) is 17.9. The van der Waals surface area contributed by atoms with E-state index in [1.165, 1.54) is 23.5 Å². The van der Waals surface area contributed by atoms with Crippen molar-refractivity contribution in [3.63, 3.8) is 0 Å². The van der Waals surface area contributed by atoms with Crippen LogP contribution in [0.15, 0.2) is 29.2 Å². The van der Waals surface area contributed by atoms with E-state index in [0.29, 0.717) is 17.3 Å². The molecule has 0 atom stereocenters. The molecule has 0 unspecified atom stereocenters. The molecule has 0 aliphatic heterocycles. The molecule has 1 aromatic heterocycles. The van der Waals surface area contributed by atoms with Gasteiger partial charge in [0.15, 0.2) is 0 Å². The van der Waals surface area contributed by atoms with Gasteiger partial charge >= 0.3 is 0 Å². The Morgan fingerprint density at radius 3 is 2.65 bits per heavy atom. The lowest BCUT2D eigenvalue weighted by atomic mass is 10.2. The third-order valence-corrected chi connectivity index (χ3v) is 5.76. The van der Waals surface area contributed by atoms with Crippen LogP contribution in [0.3, 0.4) is 0 Å². The molecule has 0 fully saturated rings. The number of carbonyl (C=O) groups excluding carboxylic acids is 1. The molecule has 0 aliphatic rings. The monoisotopic (exact) mass is 352 g/mol. The second-order valence-corrected chi connectivity index (χ2v) is 7.73. The van der Waals surface area contributed by atoms with Crippen LogP contribution in [0.4, 0.5) is 4.39 Å². The maximum absolute atomic E-state index is 12.8. The number of hydrogen-bond donors (Lipinski definition) is 1. The van der Waals surface area contributed by atoms with E-state index in [1.54, 1.807) is 23.9 Å². The number of rotatable bonds is 7. The maximum Gasteiger partial charge on any atom is 0.263 e. The molecule has 124 valence electrons. The highest BCUT2D eigenvalue weighted by Gasteiger charge is 2.16. The minimum absolute atomic E-state index is 0.0429. The Labute approximate surface area is 144 Å². The number of hydrogen-bond acceptors (Lipinski definition) is 4. The van der Waals surface area contributed by atoms with E-state index >= 15 is 0 Å². The smallest absolute Gasteiger partial charge is 0.263 e. The van der Waals surface area contributed by atoms with Crippen molar-refractivity contribution in [3.8, 4) is 0 Å². The summed E-state index contributed by atoms with van der Waals surface area (Å²) in [5, 5.41) is 3.95. The Bertz CT molecular complexity index is 653. The summed E-state index contributed by atoms with van der Waals surface area (Å²) < 4.78 is 12.8. The van der Waals surface area contributed by atoms with Crippen molar-refractivity contribution in [1.29, 1.82) is 0 Å². The van der Waals surface area contributed by atoms with E-state index in [9.17, 15) is 9.18 Å². The second-order valence-electron chi connectivity index (χ2n) is 5.53. The average molecular weight is 352 g/mol. The summed E-state index contributed by atoms with van der Waals surface area (Å²) in [5.74, 6) is 0.957. The molecule has 2 aromatic rings. The summed E-state index contributed by atoms with van der Waals surface area (Å²) >= 11 is 3.13. The fourth-order valence-electron chi connectivity index (χ4n) is 1.95. The molecule has 1 heterocycles. The molecule has 1 N–H and O–H groups in total. The average Bonchev–Trinajstić information content (AvgIpc) is 2.91. The third kappa shape index (κ3) is 5.32. The SMILES string of the molecule is Cc1nc(C(C)C)sc1C(=O)NCCCSc1ccc(F)cc1. The molecule has 0 spiro atoms. The van der Waals surface area contributed by atoms with Gasteiger partial charge in [0, 0.05) is 17.4 Å². The van der Waals surface area contributed by atoms with Gasteiger partial charge in [-0.3, -0.25) is 4.79 Å². The Morgan fingerprint density at radius 2 is 2.04 bits per heavy atom. The molecule has 0 radical (unpaired) electrons. The standard InChI is InChI=1S/C17H21FN2OS2/c1-11(2)17-20-12(3)15(23-17)16(21)19-9-4-10-22-14-7-5-13(18)6-8-14/h5-8,11H,4,9-10H2,1-3H3,(H,19,21). The fraction of sp³-hybridized carbons (Fsp3) is 0.412. The van der Waals surface area contributed by atoms with E-state index in [1.807, 2.05) is 6.92 Å². The van der Waals surface area contributed by atoms with Gasteiger partial charge in [0.25, 0.3) is 5.91 Å². The van der Waals surface area contributed by atoms with Gasteiger partial charge in [0.05, 0.1) is 10.7 Å². The van der Waals surface area contributed by atoms with Crippen LogP contribution < -0.4 is 5.32 Å². The van der Waals surface area contributed by atoms with Crippen LogP contribution in [0.5, 0.6) is 0 Å². The molecule has 0 saturated carbocycles. The van der Waals surface area contributed by atoms with E-state index in [4.69, 9.17) is 0 Å². The highest BCUT2D eigenvalue weighted by molar-refractivity contribution is 7.99. The predicted octanol–water partition coefficient (Wildman–Crippen LogP) is 4.63. The van der Waals surface area contributed by atoms with Crippen LogP contribution in [0.1, 0.15) is 46.6 Å². The molecule has 1 aromatic carbocycles. The number of halogens is 1. The van der Waals surface area contributed by atoms with Crippen molar-refractivity contribution in [3.05, 3.63) is 45.7 Å². The number of amides is 1. The van der Waals surface area contributed by atoms with Crippen molar-refractivity contribution in [2.24, 2.45) is 0 Å². The quantitative estimate of drug-likeness (QED) is 0.584. The number of carbonyl (C=O) groups is 1. The van der Waals surface area contributed by atoms with Crippen molar-refractivity contribution in [2.75, 3.05) is 12.3 Å². The van der Waals surface area contributed by atoms with Crippen LogP contribution in [0, 0.1) is 12.7 Å². The number of aryl methyl sites for hydroxylation is 1. The van der Waals surface area contributed by atoms with E-state index in [-0.39, 0.29) is 11.7 Å². The van der Waals surface area contributed by atoms with Crippen molar-refractivity contribution in [1.82, 2.24) is 10.3 Å². The normalized spacial score (nSPS) is 11.0. The Hall–Kier alpha value is -1.40. The van der Waals surface area contributed by atoms with Gasteiger partial charge in [-0.15, -0.1) is 23.1 Å². The lowest BCUT2D eigenvalue weighted by Crippen LogP contribution is -2.24. The lowest BCUT2D eigenvalue weighted by Gasteiger charge is -2.04. The van der Waals surface area contributed by atoms with Crippen molar-refractivity contribution in [2.45, 2.75) is 38.0 Å². The Kier molecular flexibility index (Phi) is 6.59. The molecular formula is C17H21FN2OS2. The Morgan fingerprint density at radius 1 is 1.35 bits per heavy atom. The van der Waals surface area contributed by atoms with Gasteiger partial charge in [-0.1, -0.05) is 13.8 Å². The lowest BCUT2D eigenvalue weighted by molar-refractivity contribution is 0.0957. The second kappa shape index (κ2) is 8.45. The summed E-state index contributed by atoms with van der Waals surface area (Å²) in [7, 11) is 0. The molecule has 0 saturated heterocycles. The number of nitrogens with one attached hydrogen (secondary N) is 1. The van der Waals surface area contributed by atoms with E-state index < -0.39 is 0 Å². The largest absolute Gasteiger partial charge is 0.351 e. The molecule has 2 rings (SSSR count). The molecule has 3 nitrogen and oxygen atoms in total. The minimum atomic E-state index is -0.220.